The van der Waals surface area contributed by atoms with Crippen molar-refractivity contribution in [2.45, 2.75) is 33.2 Å². The van der Waals surface area contributed by atoms with E-state index in [9.17, 15) is 9.18 Å². The van der Waals surface area contributed by atoms with Crippen LogP contribution in [0.2, 0.25) is 0 Å². The Morgan fingerprint density at radius 1 is 0.976 bits per heavy atom. The average Bonchev–Trinajstić information content (AvgIpc) is 3.33. The zero-order chi connectivity index (χ0) is 29.4. The molecule has 2 aromatic heterocycles. The highest BCUT2D eigenvalue weighted by Crippen LogP contribution is 2.34. The molecule has 7 heteroatoms. The molecule has 0 amide bonds. The zero-order valence-electron chi connectivity index (χ0n) is 24.0. The normalized spacial score (nSPS) is 11.8. The SMILES string of the molecule is COc1cc(C)c(-c2nc3ccccc3c(=O)n2N=Cc2cn(Cc3cccc(F)c3)c3ccccc23)cc1C(C)C. The summed E-state index contributed by atoms with van der Waals surface area (Å²) in [4.78, 5) is 18.8. The molecule has 0 unspecified atom stereocenters. The van der Waals surface area contributed by atoms with Crippen molar-refractivity contribution in [3.05, 3.63) is 130 Å². The van der Waals surface area contributed by atoms with Crippen molar-refractivity contribution in [1.29, 1.82) is 0 Å². The van der Waals surface area contributed by atoms with E-state index in [0.29, 0.717) is 23.3 Å². The van der Waals surface area contributed by atoms with Crippen molar-refractivity contribution >= 4 is 28.0 Å². The largest absolute Gasteiger partial charge is 0.496 e. The first-order valence-electron chi connectivity index (χ1n) is 13.9. The van der Waals surface area contributed by atoms with E-state index in [1.165, 1.54) is 16.8 Å². The second kappa shape index (κ2) is 11.1. The Kier molecular flexibility index (Phi) is 7.17. The molecular formula is C35H31FN4O2. The third-order valence-electron chi connectivity index (χ3n) is 7.57. The zero-order valence-corrected chi connectivity index (χ0v) is 24.0. The van der Waals surface area contributed by atoms with Crippen molar-refractivity contribution in [1.82, 2.24) is 14.2 Å². The molecule has 0 aliphatic heterocycles. The van der Waals surface area contributed by atoms with Crippen molar-refractivity contribution in [2.24, 2.45) is 5.10 Å². The minimum atomic E-state index is -0.268. The number of rotatable bonds is 7. The molecule has 0 atom stereocenters. The van der Waals surface area contributed by atoms with Gasteiger partial charge in [-0.2, -0.15) is 9.78 Å². The molecule has 4 aromatic carbocycles. The van der Waals surface area contributed by atoms with Crippen LogP contribution in [0.15, 0.2) is 101 Å². The lowest BCUT2D eigenvalue weighted by atomic mass is 9.96. The van der Waals surface area contributed by atoms with Crippen LogP contribution in [-0.4, -0.2) is 27.6 Å². The fourth-order valence-corrected chi connectivity index (χ4v) is 5.43. The lowest BCUT2D eigenvalue weighted by Gasteiger charge is -2.17. The Hall–Kier alpha value is -5.04. The second-order valence-electron chi connectivity index (χ2n) is 10.7. The molecule has 0 saturated heterocycles. The molecule has 6 nitrogen and oxygen atoms in total. The Morgan fingerprint density at radius 2 is 1.74 bits per heavy atom. The molecule has 0 radical (unpaired) electrons. The van der Waals surface area contributed by atoms with E-state index in [-0.39, 0.29) is 17.3 Å². The third-order valence-corrected chi connectivity index (χ3v) is 7.57. The molecule has 0 bridgehead atoms. The molecule has 0 aliphatic rings. The number of methoxy groups -OCH3 is 1. The molecule has 0 spiro atoms. The maximum atomic E-state index is 13.9. The number of aromatic nitrogens is 3. The summed E-state index contributed by atoms with van der Waals surface area (Å²) in [6, 6.07) is 25.9. The van der Waals surface area contributed by atoms with E-state index < -0.39 is 0 Å². The molecular weight excluding hydrogens is 527 g/mol. The summed E-state index contributed by atoms with van der Waals surface area (Å²) in [5.74, 6) is 1.19. The number of nitrogens with zero attached hydrogens (tertiary/aromatic N) is 4. The van der Waals surface area contributed by atoms with Gasteiger partial charge in [-0.25, -0.2) is 9.37 Å². The van der Waals surface area contributed by atoms with Gasteiger partial charge in [0.05, 0.1) is 24.2 Å². The highest BCUT2D eigenvalue weighted by molar-refractivity contribution is 5.99. The highest BCUT2D eigenvalue weighted by atomic mass is 19.1. The van der Waals surface area contributed by atoms with Crippen LogP contribution >= 0.6 is 0 Å². The average molecular weight is 559 g/mol. The first kappa shape index (κ1) is 27.1. The van der Waals surface area contributed by atoms with Crippen LogP contribution in [0.5, 0.6) is 5.75 Å². The Morgan fingerprint density at radius 3 is 2.50 bits per heavy atom. The number of aryl methyl sites for hydroxylation is 1. The van der Waals surface area contributed by atoms with Crippen molar-refractivity contribution in [3.8, 4) is 17.1 Å². The van der Waals surface area contributed by atoms with Crippen molar-refractivity contribution < 1.29 is 9.13 Å². The molecule has 0 aliphatic carbocycles. The van der Waals surface area contributed by atoms with Crippen LogP contribution in [-0.2, 0) is 6.54 Å². The highest BCUT2D eigenvalue weighted by Gasteiger charge is 2.18. The number of ether oxygens (including phenoxy) is 1. The predicted molar refractivity (Wildman–Crippen MR) is 167 cm³/mol. The van der Waals surface area contributed by atoms with Gasteiger partial charge in [-0.15, -0.1) is 0 Å². The van der Waals surface area contributed by atoms with E-state index >= 15 is 0 Å². The minimum Gasteiger partial charge on any atom is -0.496 e. The fraction of sp³-hybridized carbons (Fsp3) is 0.171. The molecule has 6 aromatic rings. The molecule has 0 N–H and O–H groups in total. The van der Waals surface area contributed by atoms with Crippen molar-refractivity contribution in [2.75, 3.05) is 7.11 Å². The second-order valence-corrected chi connectivity index (χ2v) is 10.7. The molecule has 210 valence electrons. The monoisotopic (exact) mass is 558 g/mol. The fourth-order valence-electron chi connectivity index (χ4n) is 5.43. The van der Waals surface area contributed by atoms with Crippen LogP contribution in [0.1, 0.15) is 42.0 Å². The van der Waals surface area contributed by atoms with Gasteiger partial charge in [0.2, 0.25) is 0 Å². The Labute approximate surface area is 243 Å². The number of para-hydroxylation sites is 2. The van der Waals surface area contributed by atoms with Gasteiger partial charge in [-0.05, 0) is 72.0 Å². The number of hydrogen-bond donors (Lipinski definition) is 0. The van der Waals surface area contributed by atoms with Gasteiger partial charge in [0, 0.05) is 34.8 Å². The summed E-state index contributed by atoms with van der Waals surface area (Å²) < 4.78 is 23.0. The smallest absolute Gasteiger partial charge is 0.282 e. The topological polar surface area (TPSA) is 61.4 Å². The van der Waals surface area contributed by atoms with Crippen LogP contribution in [0.4, 0.5) is 4.39 Å². The van der Waals surface area contributed by atoms with E-state index in [0.717, 1.165) is 44.5 Å². The summed E-state index contributed by atoms with van der Waals surface area (Å²) in [6.45, 7) is 6.69. The molecule has 0 fully saturated rings. The van der Waals surface area contributed by atoms with Gasteiger partial charge >= 0.3 is 0 Å². The molecule has 0 saturated carbocycles. The maximum Gasteiger partial charge on any atom is 0.282 e. The van der Waals surface area contributed by atoms with Crippen LogP contribution < -0.4 is 10.3 Å². The summed E-state index contributed by atoms with van der Waals surface area (Å²) >= 11 is 0. The van der Waals surface area contributed by atoms with E-state index in [4.69, 9.17) is 14.8 Å². The quantitative estimate of drug-likeness (QED) is 0.190. The summed E-state index contributed by atoms with van der Waals surface area (Å²) in [6.07, 6.45) is 3.68. The molecule has 6 rings (SSSR count). The first-order valence-corrected chi connectivity index (χ1v) is 13.9. The van der Waals surface area contributed by atoms with E-state index in [2.05, 4.69) is 18.4 Å². The molecule has 42 heavy (non-hydrogen) atoms. The summed E-state index contributed by atoms with van der Waals surface area (Å²) in [5.41, 5.74) is 5.79. The predicted octanol–water partition coefficient (Wildman–Crippen LogP) is 7.53. The lowest BCUT2D eigenvalue weighted by molar-refractivity contribution is 0.407. The van der Waals surface area contributed by atoms with Gasteiger partial charge < -0.3 is 9.30 Å². The summed E-state index contributed by atoms with van der Waals surface area (Å²) in [7, 11) is 1.67. The van der Waals surface area contributed by atoms with E-state index in [1.54, 1.807) is 25.5 Å². The number of halogens is 1. The third kappa shape index (κ3) is 4.98. The van der Waals surface area contributed by atoms with Crippen LogP contribution in [0.25, 0.3) is 33.2 Å². The van der Waals surface area contributed by atoms with Crippen LogP contribution in [0, 0.1) is 12.7 Å². The van der Waals surface area contributed by atoms with Gasteiger partial charge in [-0.3, -0.25) is 4.79 Å². The Bertz CT molecular complexity index is 2040. The lowest BCUT2D eigenvalue weighted by Crippen LogP contribution is -2.20. The van der Waals surface area contributed by atoms with Gasteiger partial charge in [0.1, 0.15) is 11.6 Å². The minimum absolute atomic E-state index is 0.202. The van der Waals surface area contributed by atoms with Crippen LogP contribution in [0.3, 0.4) is 0 Å². The molecule has 2 heterocycles. The van der Waals surface area contributed by atoms with Gasteiger partial charge in [0.25, 0.3) is 5.56 Å². The Balaban J connectivity index is 1.52. The maximum absolute atomic E-state index is 13.9. The number of hydrogen-bond acceptors (Lipinski definition) is 4. The van der Waals surface area contributed by atoms with E-state index in [1.807, 2.05) is 73.8 Å². The van der Waals surface area contributed by atoms with Gasteiger partial charge in [0.15, 0.2) is 5.82 Å². The number of benzene rings is 4. The van der Waals surface area contributed by atoms with Gasteiger partial charge in [-0.1, -0.05) is 56.3 Å². The first-order chi connectivity index (χ1) is 20.3. The van der Waals surface area contributed by atoms with Crippen molar-refractivity contribution in [3.63, 3.8) is 0 Å². The number of fused-ring (bicyclic) bond motifs is 2. The summed E-state index contributed by atoms with van der Waals surface area (Å²) in [5, 5.41) is 6.22. The standard InChI is InChI=1S/C35H31FN4O2/c1-22(2)29-18-30(23(3)16-33(29)42-4)34-38-31-14-7-5-13-28(31)35(41)40(34)37-19-25-21-39(32-15-8-6-12-27(25)32)20-24-10-9-11-26(36)17-24/h5-19,21-22H,20H2,1-4H3.